The first-order chi connectivity index (χ1) is 12.5. The lowest BCUT2D eigenvalue weighted by Crippen LogP contribution is -2.08. The van der Waals surface area contributed by atoms with Crippen molar-refractivity contribution in [1.82, 2.24) is 9.78 Å². The second-order valence-corrected chi connectivity index (χ2v) is 7.29. The van der Waals surface area contributed by atoms with E-state index in [1.54, 1.807) is 29.8 Å². The van der Waals surface area contributed by atoms with Gasteiger partial charge >= 0.3 is 5.97 Å². The summed E-state index contributed by atoms with van der Waals surface area (Å²) in [5, 5.41) is 5.54. The molecule has 2 aromatic carbocycles. The zero-order valence-corrected chi connectivity index (χ0v) is 17.0. The summed E-state index contributed by atoms with van der Waals surface area (Å²) < 4.78 is 7.79. The molecular formula is C19H15BrCl2N2O2. The van der Waals surface area contributed by atoms with Crippen LogP contribution in [0.5, 0.6) is 0 Å². The van der Waals surface area contributed by atoms with Crippen LogP contribution in [-0.2, 0) is 11.3 Å². The Morgan fingerprint density at radius 3 is 2.54 bits per heavy atom. The molecule has 134 valence electrons. The normalized spacial score (nSPS) is 10.8. The molecule has 0 saturated heterocycles. The maximum absolute atomic E-state index is 12.1. The van der Waals surface area contributed by atoms with E-state index in [0.29, 0.717) is 23.2 Å². The van der Waals surface area contributed by atoms with Gasteiger partial charge in [-0.05, 0) is 48.4 Å². The Bertz CT molecular complexity index is 939. The molecule has 4 nitrogen and oxygen atoms in total. The summed E-state index contributed by atoms with van der Waals surface area (Å²) in [6, 6.07) is 14.8. The molecule has 0 bridgehead atoms. The van der Waals surface area contributed by atoms with Crippen LogP contribution in [0.3, 0.4) is 0 Å². The van der Waals surface area contributed by atoms with Crippen LogP contribution in [0.15, 0.2) is 53.0 Å². The molecule has 0 saturated carbocycles. The topological polar surface area (TPSA) is 44.1 Å². The minimum Gasteiger partial charge on any atom is -0.461 e. The van der Waals surface area contributed by atoms with Crippen LogP contribution >= 0.6 is 39.1 Å². The van der Waals surface area contributed by atoms with Crippen LogP contribution in [0.25, 0.3) is 11.3 Å². The molecule has 3 aromatic rings. The highest BCUT2D eigenvalue weighted by molar-refractivity contribution is 9.10. The molecule has 1 aromatic heterocycles. The van der Waals surface area contributed by atoms with Crippen LogP contribution in [-0.4, -0.2) is 22.4 Å². The van der Waals surface area contributed by atoms with Gasteiger partial charge in [-0.15, -0.1) is 0 Å². The van der Waals surface area contributed by atoms with Crippen LogP contribution in [0.2, 0.25) is 10.0 Å². The highest BCUT2D eigenvalue weighted by Gasteiger charge is 2.17. The molecule has 0 N–H and O–H groups in total. The molecule has 0 unspecified atom stereocenters. The van der Waals surface area contributed by atoms with Crippen LogP contribution in [0, 0.1) is 0 Å². The maximum Gasteiger partial charge on any atom is 0.358 e. The van der Waals surface area contributed by atoms with Gasteiger partial charge in [0, 0.05) is 14.5 Å². The van der Waals surface area contributed by atoms with Crippen molar-refractivity contribution < 1.29 is 9.53 Å². The zero-order chi connectivity index (χ0) is 18.7. The summed E-state index contributed by atoms with van der Waals surface area (Å²) in [4.78, 5) is 12.1. The number of hydrogen-bond acceptors (Lipinski definition) is 3. The second kappa shape index (κ2) is 8.25. The van der Waals surface area contributed by atoms with Gasteiger partial charge in [-0.25, -0.2) is 4.79 Å². The third kappa shape index (κ3) is 4.29. The Labute approximate surface area is 169 Å². The van der Waals surface area contributed by atoms with Gasteiger partial charge in [0.1, 0.15) is 0 Å². The van der Waals surface area contributed by atoms with E-state index < -0.39 is 5.97 Å². The molecule has 1 heterocycles. The van der Waals surface area contributed by atoms with Gasteiger partial charge in [-0.1, -0.05) is 57.3 Å². The summed E-state index contributed by atoms with van der Waals surface area (Å²) in [5.41, 5.74) is 2.84. The summed E-state index contributed by atoms with van der Waals surface area (Å²) in [6.45, 7) is 2.46. The number of ether oxygens (including phenoxy) is 1. The number of carbonyl (C=O) groups is 1. The summed E-state index contributed by atoms with van der Waals surface area (Å²) in [7, 11) is 0. The zero-order valence-electron chi connectivity index (χ0n) is 13.9. The first-order valence-corrected chi connectivity index (χ1v) is 9.47. The van der Waals surface area contributed by atoms with Crippen molar-refractivity contribution in [2.45, 2.75) is 13.5 Å². The number of esters is 1. The van der Waals surface area contributed by atoms with Gasteiger partial charge in [0.05, 0.1) is 18.8 Å². The highest BCUT2D eigenvalue weighted by Crippen LogP contribution is 2.27. The van der Waals surface area contributed by atoms with Crippen molar-refractivity contribution in [1.29, 1.82) is 0 Å². The average Bonchev–Trinajstić information content (AvgIpc) is 3.02. The van der Waals surface area contributed by atoms with Gasteiger partial charge in [0.15, 0.2) is 5.69 Å². The predicted molar refractivity (Wildman–Crippen MR) is 107 cm³/mol. The highest BCUT2D eigenvalue weighted by atomic mass is 79.9. The van der Waals surface area contributed by atoms with Gasteiger partial charge in [-0.3, -0.25) is 4.68 Å². The smallest absolute Gasteiger partial charge is 0.358 e. The number of halogens is 3. The van der Waals surface area contributed by atoms with Crippen molar-refractivity contribution >= 4 is 45.1 Å². The molecule has 0 fully saturated rings. The Morgan fingerprint density at radius 2 is 1.88 bits per heavy atom. The Hall–Kier alpha value is -1.82. The van der Waals surface area contributed by atoms with Gasteiger partial charge in [-0.2, -0.15) is 5.10 Å². The second-order valence-electron chi connectivity index (χ2n) is 5.54. The fourth-order valence-corrected chi connectivity index (χ4v) is 3.24. The van der Waals surface area contributed by atoms with Crippen LogP contribution in [0.1, 0.15) is 23.0 Å². The van der Waals surface area contributed by atoms with E-state index in [0.717, 1.165) is 21.3 Å². The molecule has 0 radical (unpaired) electrons. The average molecular weight is 454 g/mol. The molecule has 7 heteroatoms. The molecular weight excluding hydrogens is 439 g/mol. The SMILES string of the molecule is CCOC(=O)c1cc(-c2ccc(Br)cc2)n(Cc2ccc(Cl)cc2Cl)n1. The summed E-state index contributed by atoms with van der Waals surface area (Å²) >= 11 is 15.7. The predicted octanol–water partition coefficient (Wildman–Crippen LogP) is 5.84. The third-order valence-electron chi connectivity index (χ3n) is 3.74. The molecule has 0 atom stereocenters. The van der Waals surface area contributed by atoms with E-state index in [9.17, 15) is 4.79 Å². The Balaban J connectivity index is 2.03. The van der Waals surface area contributed by atoms with Crippen LogP contribution in [0.4, 0.5) is 0 Å². The minimum atomic E-state index is -0.452. The standard InChI is InChI=1S/C19H15BrCl2N2O2/c1-2-26-19(25)17-10-18(12-3-6-14(20)7-4-12)24(23-17)11-13-5-8-15(21)9-16(13)22/h3-10H,2,11H2,1H3. The Kier molecular flexibility index (Phi) is 6.01. The molecule has 0 spiro atoms. The number of hydrogen-bond donors (Lipinski definition) is 0. The van der Waals surface area contributed by atoms with Crippen LogP contribution < -0.4 is 0 Å². The largest absolute Gasteiger partial charge is 0.461 e. The number of benzene rings is 2. The van der Waals surface area contributed by atoms with Gasteiger partial charge < -0.3 is 4.74 Å². The van der Waals surface area contributed by atoms with Gasteiger partial charge in [0.25, 0.3) is 0 Å². The molecule has 0 aliphatic carbocycles. The fourth-order valence-electron chi connectivity index (χ4n) is 2.51. The molecule has 0 aliphatic heterocycles. The lowest BCUT2D eigenvalue weighted by Gasteiger charge is -2.09. The molecule has 0 amide bonds. The first kappa shape index (κ1) is 19.0. The van der Waals surface area contributed by atoms with Crippen molar-refractivity contribution in [2.24, 2.45) is 0 Å². The van der Waals surface area contributed by atoms with E-state index >= 15 is 0 Å². The number of carbonyl (C=O) groups excluding carboxylic acids is 1. The summed E-state index contributed by atoms with van der Waals surface area (Å²) in [5.74, 6) is -0.452. The third-order valence-corrected chi connectivity index (χ3v) is 4.86. The Morgan fingerprint density at radius 1 is 1.15 bits per heavy atom. The summed E-state index contributed by atoms with van der Waals surface area (Å²) in [6.07, 6.45) is 0. The lowest BCUT2D eigenvalue weighted by atomic mass is 10.1. The maximum atomic E-state index is 12.1. The monoisotopic (exact) mass is 452 g/mol. The molecule has 26 heavy (non-hydrogen) atoms. The molecule has 0 aliphatic rings. The number of nitrogens with zero attached hydrogens (tertiary/aromatic N) is 2. The van der Waals surface area contributed by atoms with E-state index in [1.807, 2.05) is 30.3 Å². The lowest BCUT2D eigenvalue weighted by molar-refractivity contribution is 0.0518. The van der Waals surface area contributed by atoms with Crippen molar-refractivity contribution in [3.05, 3.63) is 74.3 Å². The van der Waals surface area contributed by atoms with Crippen molar-refractivity contribution in [3.63, 3.8) is 0 Å². The van der Waals surface area contributed by atoms with E-state index in [4.69, 9.17) is 27.9 Å². The minimum absolute atomic E-state index is 0.259. The van der Waals surface area contributed by atoms with Crippen molar-refractivity contribution in [2.75, 3.05) is 6.61 Å². The molecule has 3 rings (SSSR count). The van der Waals surface area contributed by atoms with E-state index in [1.165, 1.54) is 0 Å². The number of aromatic nitrogens is 2. The van der Waals surface area contributed by atoms with E-state index in [2.05, 4.69) is 21.0 Å². The first-order valence-electron chi connectivity index (χ1n) is 7.92. The van der Waals surface area contributed by atoms with E-state index in [-0.39, 0.29) is 5.69 Å². The van der Waals surface area contributed by atoms with Crippen molar-refractivity contribution in [3.8, 4) is 11.3 Å². The van der Waals surface area contributed by atoms with Gasteiger partial charge in [0.2, 0.25) is 0 Å². The quantitative estimate of drug-likeness (QED) is 0.455. The fraction of sp³-hybridized carbons (Fsp3) is 0.158. The number of rotatable bonds is 5.